The molecule has 0 aliphatic heterocycles. The molecule has 1 fully saturated rings. The number of anilines is 1. The first-order chi connectivity index (χ1) is 12.6. The number of nitrogens with one attached hydrogen (secondary N) is 3. The van der Waals surface area contributed by atoms with E-state index in [1.807, 2.05) is 0 Å². The number of ether oxygens (including phenoxy) is 1. The topological polar surface area (TPSA) is 79.5 Å². The van der Waals surface area contributed by atoms with Crippen LogP contribution in [0.5, 0.6) is 0 Å². The Morgan fingerprint density at radius 1 is 1.23 bits per heavy atom. The lowest BCUT2D eigenvalue weighted by atomic mass is 9.95. The Bertz CT molecular complexity index is 604. The highest BCUT2D eigenvalue weighted by Crippen LogP contribution is 2.22. The van der Waals surface area contributed by atoms with Crippen molar-refractivity contribution in [3.63, 3.8) is 0 Å². The maximum absolute atomic E-state index is 12.5. The van der Waals surface area contributed by atoms with Gasteiger partial charge in [0.2, 0.25) is 5.91 Å². The zero-order valence-electron chi connectivity index (χ0n) is 15.3. The lowest BCUT2D eigenvalue weighted by Gasteiger charge is -2.23. The molecule has 0 saturated heterocycles. The van der Waals surface area contributed by atoms with Crippen molar-refractivity contribution in [2.45, 2.75) is 44.6 Å². The summed E-state index contributed by atoms with van der Waals surface area (Å²) in [5.74, 6) is -0.348. The van der Waals surface area contributed by atoms with Crippen molar-refractivity contribution in [3.8, 4) is 0 Å². The van der Waals surface area contributed by atoms with Crippen LogP contribution in [0.25, 0.3) is 0 Å². The van der Waals surface area contributed by atoms with Gasteiger partial charge in [0.15, 0.2) is 0 Å². The van der Waals surface area contributed by atoms with Crippen molar-refractivity contribution in [3.05, 3.63) is 28.8 Å². The molecule has 2 amide bonds. The Balaban J connectivity index is 1.87. The van der Waals surface area contributed by atoms with Crippen LogP contribution in [0.15, 0.2) is 18.2 Å². The highest BCUT2D eigenvalue weighted by Gasteiger charge is 2.18. The normalized spacial score (nSPS) is 14.8. The average Bonchev–Trinajstić information content (AvgIpc) is 2.64. The minimum absolute atomic E-state index is 0.164. The Labute approximate surface area is 160 Å². The molecule has 0 bridgehead atoms. The van der Waals surface area contributed by atoms with Crippen LogP contribution >= 0.6 is 11.6 Å². The van der Waals surface area contributed by atoms with E-state index in [9.17, 15) is 9.59 Å². The summed E-state index contributed by atoms with van der Waals surface area (Å²) in [6.07, 6.45) is 6.38. The Morgan fingerprint density at radius 2 is 2.00 bits per heavy atom. The van der Waals surface area contributed by atoms with Crippen molar-refractivity contribution in [1.29, 1.82) is 0 Å². The van der Waals surface area contributed by atoms with Gasteiger partial charge >= 0.3 is 0 Å². The van der Waals surface area contributed by atoms with E-state index < -0.39 is 0 Å². The first-order valence-corrected chi connectivity index (χ1v) is 9.58. The van der Waals surface area contributed by atoms with E-state index in [2.05, 4.69) is 16.0 Å². The number of hydrogen-bond donors (Lipinski definition) is 3. The predicted molar refractivity (Wildman–Crippen MR) is 104 cm³/mol. The second-order valence-electron chi connectivity index (χ2n) is 6.57. The number of benzene rings is 1. The van der Waals surface area contributed by atoms with Crippen LogP contribution in [0.3, 0.4) is 0 Å². The summed E-state index contributed by atoms with van der Waals surface area (Å²) in [5.41, 5.74) is 0.954. The molecular formula is C19H28ClN3O3. The molecule has 1 aromatic carbocycles. The van der Waals surface area contributed by atoms with Crippen LogP contribution in [0.1, 0.15) is 48.9 Å². The molecule has 6 nitrogen and oxygen atoms in total. The van der Waals surface area contributed by atoms with Gasteiger partial charge < -0.3 is 20.7 Å². The maximum Gasteiger partial charge on any atom is 0.253 e. The van der Waals surface area contributed by atoms with Crippen molar-refractivity contribution in [2.24, 2.45) is 0 Å². The summed E-state index contributed by atoms with van der Waals surface area (Å²) in [7, 11) is 1.65. The molecule has 1 aromatic rings. The molecule has 0 aromatic heterocycles. The number of carbonyl (C=O) groups is 2. The van der Waals surface area contributed by atoms with Crippen molar-refractivity contribution >= 4 is 29.1 Å². The smallest absolute Gasteiger partial charge is 0.253 e. The minimum atomic E-state index is -0.185. The van der Waals surface area contributed by atoms with Gasteiger partial charge in [-0.1, -0.05) is 30.9 Å². The summed E-state index contributed by atoms with van der Waals surface area (Å²) < 4.78 is 4.95. The van der Waals surface area contributed by atoms with Gasteiger partial charge in [0.25, 0.3) is 5.91 Å². The molecule has 26 heavy (non-hydrogen) atoms. The van der Waals surface area contributed by atoms with E-state index in [-0.39, 0.29) is 24.4 Å². The highest BCUT2D eigenvalue weighted by atomic mass is 35.5. The largest absolute Gasteiger partial charge is 0.385 e. The molecule has 2 rings (SSSR count). The standard InChI is InChI=1S/C19H28ClN3O3/c1-26-11-5-10-21-13-18(24)22-15-8-9-17(20)16(12-15)19(25)23-14-6-3-2-4-7-14/h8-9,12,14,21H,2-7,10-11,13H2,1H3,(H,22,24)(H,23,25). The van der Waals surface area contributed by atoms with Crippen LogP contribution in [-0.2, 0) is 9.53 Å². The molecule has 0 heterocycles. The Kier molecular flexibility index (Phi) is 8.88. The molecular weight excluding hydrogens is 354 g/mol. The summed E-state index contributed by atoms with van der Waals surface area (Å²) in [5, 5.41) is 9.27. The van der Waals surface area contributed by atoms with Gasteiger partial charge in [-0.2, -0.15) is 0 Å². The lowest BCUT2D eigenvalue weighted by Crippen LogP contribution is -2.36. The number of hydrogen-bond acceptors (Lipinski definition) is 4. The molecule has 1 aliphatic rings. The van der Waals surface area contributed by atoms with E-state index in [0.717, 1.165) is 32.1 Å². The van der Waals surface area contributed by atoms with E-state index >= 15 is 0 Å². The van der Waals surface area contributed by atoms with Gasteiger partial charge in [0.05, 0.1) is 17.1 Å². The number of methoxy groups -OCH3 is 1. The maximum atomic E-state index is 12.5. The van der Waals surface area contributed by atoms with E-state index in [1.54, 1.807) is 25.3 Å². The first kappa shape index (κ1) is 20.7. The van der Waals surface area contributed by atoms with Crippen LogP contribution in [0.2, 0.25) is 5.02 Å². The first-order valence-electron chi connectivity index (χ1n) is 9.20. The van der Waals surface area contributed by atoms with Crippen molar-refractivity contribution in [2.75, 3.05) is 32.1 Å². The summed E-state index contributed by atoms with van der Waals surface area (Å²) in [6.45, 7) is 1.57. The van der Waals surface area contributed by atoms with Gasteiger partial charge in [0.1, 0.15) is 0 Å². The fraction of sp³-hybridized carbons (Fsp3) is 0.579. The van der Waals surface area contributed by atoms with Crippen molar-refractivity contribution < 1.29 is 14.3 Å². The van der Waals surface area contributed by atoms with Gasteiger partial charge in [-0.25, -0.2) is 0 Å². The zero-order chi connectivity index (χ0) is 18.8. The average molecular weight is 382 g/mol. The zero-order valence-corrected chi connectivity index (χ0v) is 16.0. The molecule has 0 radical (unpaired) electrons. The Morgan fingerprint density at radius 3 is 2.73 bits per heavy atom. The minimum Gasteiger partial charge on any atom is -0.385 e. The van der Waals surface area contributed by atoms with E-state index in [1.165, 1.54) is 6.42 Å². The molecule has 3 N–H and O–H groups in total. The third kappa shape index (κ3) is 6.94. The quantitative estimate of drug-likeness (QED) is 0.574. The summed E-state index contributed by atoms with van der Waals surface area (Å²) in [4.78, 5) is 24.5. The molecule has 0 unspecified atom stereocenters. The van der Waals surface area contributed by atoms with Crippen molar-refractivity contribution in [1.82, 2.24) is 10.6 Å². The van der Waals surface area contributed by atoms with Crippen LogP contribution in [-0.4, -0.2) is 44.7 Å². The monoisotopic (exact) mass is 381 g/mol. The number of rotatable bonds is 9. The number of amides is 2. The van der Waals surface area contributed by atoms with E-state index in [0.29, 0.717) is 29.4 Å². The predicted octanol–water partition coefficient (Wildman–Crippen LogP) is 2.97. The molecule has 7 heteroatoms. The lowest BCUT2D eigenvalue weighted by molar-refractivity contribution is -0.115. The fourth-order valence-electron chi connectivity index (χ4n) is 3.04. The SMILES string of the molecule is COCCCNCC(=O)Nc1ccc(Cl)c(C(=O)NC2CCCCC2)c1. The fourth-order valence-corrected chi connectivity index (χ4v) is 3.24. The Hall–Kier alpha value is -1.63. The van der Waals surface area contributed by atoms with E-state index in [4.69, 9.17) is 16.3 Å². The van der Waals surface area contributed by atoms with Gasteiger partial charge in [-0.3, -0.25) is 9.59 Å². The van der Waals surface area contributed by atoms with Crippen LogP contribution < -0.4 is 16.0 Å². The molecule has 0 spiro atoms. The summed E-state index contributed by atoms with van der Waals surface area (Å²) in [6, 6.07) is 5.17. The van der Waals surface area contributed by atoms with Gasteiger partial charge in [-0.05, 0) is 44.0 Å². The van der Waals surface area contributed by atoms with Gasteiger partial charge in [0, 0.05) is 25.4 Å². The molecule has 1 saturated carbocycles. The van der Waals surface area contributed by atoms with Gasteiger partial charge in [-0.15, -0.1) is 0 Å². The highest BCUT2D eigenvalue weighted by molar-refractivity contribution is 6.34. The molecule has 144 valence electrons. The molecule has 1 aliphatic carbocycles. The number of halogens is 1. The third-order valence-corrected chi connectivity index (χ3v) is 4.75. The van der Waals surface area contributed by atoms with Crippen LogP contribution in [0.4, 0.5) is 5.69 Å². The third-order valence-electron chi connectivity index (χ3n) is 4.42. The van der Waals surface area contributed by atoms with Crippen LogP contribution in [0, 0.1) is 0 Å². The second kappa shape index (κ2) is 11.2. The second-order valence-corrected chi connectivity index (χ2v) is 6.98. The molecule has 0 atom stereocenters. The summed E-state index contributed by atoms with van der Waals surface area (Å²) >= 11 is 6.18. The number of carbonyl (C=O) groups excluding carboxylic acids is 2.